The quantitative estimate of drug-likeness (QED) is 0.763. The van der Waals surface area contributed by atoms with Crippen LogP contribution >= 0.6 is 0 Å². The fraction of sp³-hybridized carbons (Fsp3) is 0.300. The summed E-state index contributed by atoms with van der Waals surface area (Å²) in [6.45, 7) is 3.85. The van der Waals surface area contributed by atoms with Crippen LogP contribution in [0.5, 0.6) is 0 Å². The molecule has 2 aromatic heterocycles. The van der Waals surface area contributed by atoms with Crippen LogP contribution in [0, 0.1) is 19.7 Å². The second-order valence-corrected chi connectivity index (χ2v) is 6.78. The molecule has 1 saturated carbocycles. The molecular weight excluding hydrogens is 303 g/mol. The largest absolute Gasteiger partial charge is 0.306 e. The minimum Gasteiger partial charge on any atom is -0.306 e. The fourth-order valence-corrected chi connectivity index (χ4v) is 3.77. The summed E-state index contributed by atoms with van der Waals surface area (Å²) in [5, 5.41) is 0.945. The minimum absolute atomic E-state index is 0.0747. The lowest BCUT2D eigenvalue weighted by atomic mass is 9.68. The van der Waals surface area contributed by atoms with Gasteiger partial charge in [-0.25, -0.2) is 9.37 Å². The van der Waals surface area contributed by atoms with Crippen LogP contribution in [0.3, 0.4) is 0 Å². The Bertz CT molecular complexity index is 966. The highest BCUT2D eigenvalue weighted by Gasteiger charge is 2.35. The van der Waals surface area contributed by atoms with Gasteiger partial charge < -0.3 is 4.98 Å². The van der Waals surface area contributed by atoms with Crippen LogP contribution in [0.4, 0.5) is 4.39 Å². The molecule has 24 heavy (non-hydrogen) atoms. The first kappa shape index (κ1) is 15.1. The van der Waals surface area contributed by atoms with Crippen LogP contribution < -0.4 is 5.56 Å². The second kappa shape index (κ2) is 5.55. The number of aryl methyl sites for hydroxylation is 2. The first-order valence-corrected chi connectivity index (χ1v) is 8.28. The van der Waals surface area contributed by atoms with Gasteiger partial charge in [-0.05, 0) is 73.9 Å². The van der Waals surface area contributed by atoms with E-state index in [0.717, 1.165) is 40.6 Å². The zero-order valence-corrected chi connectivity index (χ0v) is 13.8. The lowest BCUT2D eigenvalue weighted by Crippen LogP contribution is -2.27. The van der Waals surface area contributed by atoms with Crippen molar-refractivity contribution in [1.82, 2.24) is 9.97 Å². The zero-order chi connectivity index (χ0) is 16.8. The topological polar surface area (TPSA) is 45.8 Å². The summed E-state index contributed by atoms with van der Waals surface area (Å²) in [7, 11) is 0. The summed E-state index contributed by atoms with van der Waals surface area (Å²) in [6.07, 6.45) is 1.63. The molecule has 1 aliphatic rings. The van der Waals surface area contributed by atoms with Gasteiger partial charge in [0, 0.05) is 16.6 Å². The Morgan fingerprint density at radius 3 is 2.67 bits per heavy atom. The Morgan fingerprint density at radius 2 is 1.92 bits per heavy atom. The molecule has 2 heterocycles. The highest BCUT2D eigenvalue weighted by Crippen LogP contribution is 2.48. The molecule has 3 aromatic rings. The number of aromatic amines is 1. The minimum atomic E-state index is -0.134. The normalized spacial score (nSPS) is 20.1. The number of aromatic nitrogens is 2. The molecule has 0 bridgehead atoms. The Hall–Kier alpha value is -2.49. The van der Waals surface area contributed by atoms with Crippen molar-refractivity contribution >= 4 is 11.0 Å². The van der Waals surface area contributed by atoms with Crippen LogP contribution in [0.2, 0.25) is 0 Å². The van der Waals surface area contributed by atoms with Crippen LogP contribution in [0.25, 0.3) is 11.0 Å². The molecule has 4 heteroatoms. The number of benzene rings is 1. The lowest BCUT2D eigenvalue weighted by Gasteiger charge is -2.36. The summed E-state index contributed by atoms with van der Waals surface area (Å²) in [5.41, 5.74) is 4.02. The van der Waals surface area contributed by atoms with Crippen molar-refractivity contribution in [3.63, 3.8) is 0 Å². The van der Waals surface area contributed by atoms with E-state index in [0.29, 0.717) is 5.65 Å². The van der Waals surface area contributed by atoms with Gasteiger partial charge in [0.15, 0.2) is 0 Å². The average Bonchev–Trinajstić information content (AvgIpc) is 2.49. The Balaban J connectivity index is 1.63. The molecule has 1 aliphatic carbocycles. The van der Waals surface area contributed by atoms with Crippen molar-refractivity contribution in [3.05, 3.63) is 75.0 Å². The molecule has 0 radical (unpaired) electrons. The maximum absolute atomic E-state index is 14.1. The Morgan fingerprint density at radius 1 is 1.12 bits per heavy atom. The van der Waals surface area contributed by atoms with E-state index in [1.54, 1.807) is 6.07 Å². The van der Waals surface area contributed by atoms with Crippen molar-refractivity contribution in [1.29, 1.82) is 0 Å². The third-order valence-corrected chi connectivity index (χ3v) is 5.13. The predicted octanol–water partition coefficient (Wildman–Crippen LogP) is 4.34. The van der Waals surface area contributed by atoms with Gasteiger partial charge >= 0.3 is 0 Å². The average molecular weight is 322 g/mol. The van der Waals surface area contributed by atoms with Crippen LogP contribution in [-0.4, -0.2) is 9.97 Å². The third kappa shape index (κ3) is 2.42. The number of H-pyrrole nitrogens is 1. The van der Waals surface area contributed by atoms with E-state index in [9.17, 15) is 9.18 Å². The van der Waals surface area contributed by atoms with Crippen molar-refractivity contribution in [2.45, 2.75) is 38.5 Å². The molecule has 4 rings (SSSR count). The van der Waals surface area contributed by atoms with Crippen LogP contribution in [0.1, 0.15) is 47.1 Å². The summed E-state index contributed by atoms with van der Waals surface area (Å²) < 4.78 is 14.1. The molecule has 122 valence electrons. The summed E-state index contributed by atoms with van der Waals surface area (Å²) >= 11 is 0. The first-order chi connectivity index (χ1) is 11.5. The highest BCUT2D eigenvalue weighted by atomic mass is 19.1. The number of nitrogens with zero attached hydrogens (tertiary/aromatic N) is 1. The summed E-state index contributed by atoms with van der Waals surface area (Å²) in [4.78, 5) is 19.6. The lowest BCUT2D eigenvalue weighted by molar-refractivity contribution is 0.339. The number of halogens is 1. The van der Waals surface area contributed by atoms with Gasteiger partial charge in [-0.2, -0.15) is 0 Å². The van der Waals surface area contributed by atoms with E-state index < -0.39 is 0 Å². The number of hydrogen-bond acceptors (Lipinski definition) is 2. The van der Waals surface area contributed by atoms with Gasteiger partial charge in [-0.15, -0.1) is 0 Å². The molecule has 3 nitrogen and oxygen atoms in total. The van der Waals surface area contributed by atoms with Gasteiger partial charge in [0.05, 0.1) is 0 Å². The number of nitrogens with one attached hydrogen (secondary N) is 1. The summed E-state index contributed by atoms with van der Waals surface area (Å²) in [6, 6.07) is 11.1. The van der Waals surface area contributed by atoms with E-state index in [2.05, 4.69) is 9.97 Å². The molecule has 0 spiro atoms. The highest BCUT2D eigenvalue weighted by molar-refractivity contribution is 5.75. The summed E-state index contributed by atoms with van der Waals surface area (Å²) in [5.74, 6) is 0.247. The van der Waals surface area contributed by atoms with Crippen molar-refractivity contribution < 1.29 is 4.39 Å². The molecule has 1 N–H and O–H groups in total. The first-order valence-electron chi connectivity index (χ1n) is 8.28. The predicted molar refractivity (Wildman–Crippen MR) is 93.0 cm³/mol. The molecule has 0 unspecified atom stereocenters. The Kier molecular flexibility index (Phi) is 3.48. The number of fused-ring (bicyclic) bond motifs is 1. The molecular formula is C20H19FN2O. The van der Waals surface area contributed by atoms with E-state index in [1.807, 2.05) is 38.1 Å². The van der Waals surface area contributed by atoms with Crippen molar-refractivity contribution in [3.8, 4) is 0 Å². The monoisotopic (exact) mass is 322 g/mol. The molecule has 0 amide bonds. The van der Waals surface area contributed by atoms with Crippen molar-refractivity contribution in [2.75, 3.05) is 0 Å². The molecule has 1 fully saturated rings. The van der Waals surface area contributed by atoms with Crippen LogP contribution in [0.15, 0.2) is 41.2 Å². The smallest absolute Gasteiger partial charge is 0.253 e. The van der Waals surface area contributed by atoms with E-state index in [4.69, 9.17) is 0 Å². The number of rotatable bonds is 2. The zero-order valence-electron chi connectivity index (χ0n) is 13.8. The second-order valence-electron chi connectivity index (χ2n) is 6.78. The molecule has 0 saturated heterocycles. The molecule has 0 aliphatic heterocycles. The standard InChI is InChI=1S/C20H19FN2O/c1-11-4-3-5-17(21)18(11)15-8-14(9-15)16-10-13-7-6-12(2)22-19(13)23-20(16)24/h3-7,10,14-15H,8-9H2,1-2H3,(H,22,23,24). The molecule has 0 atom stereocenters. The Labute approximate surface area is 139 Å². The van der Waals surface area contributed by atoms with Gasteiger partial charge in [0.1, 0.15) is 11.5 Å². The van der Waals surface area contributed by atoms with Gasteiger partial charge in [-0.1, -0.05) is 12.1 Å². The number of hydrogen-bond donors (Lipinski definition) is 1. The SMILES string of the molecule is Cc1ccc2cc(C3CC(c4c(C)cccc4F)C3)c(=O)[nH]c2n1. The maximum atomic E-state index is 14.1. The molecule has 1 aromatic carbocycles. The van der Waals surface area contributed by atoms with E-state index in [1.165, 1.54) is 6.07 Å². The van der Waals surface area contributed by atoms with Gasteiger partial charge in [0.25, 0.3) is 5.56 Å². The van der Waals surface area contributed by atoms with Crippen LogP contribution in [-0.2, 0) is 0 Å². The van der Waals surface area contributed by atoms with E-state index >= 15 is 0 Å². The number of pyridine rings is 2. The third-order valence-electron chi connectivity index (χ3n) is 5.13. The van der Waals surface area contributed by atoms with Gasteiger partial charge in [-0.3, -0.25) is 4.79 Å². The van der Waals surface area contributed by atoms with Gasteiger partial charge in [0.2, 0.25) is 0 Å². The van der Waals surface area contributed by atoms with Crippen molar-refractivity contribution in [2.24, 2.45) is 0 Å². The fourth-order valence-electron chi connectivity index (χ4n) is 3.77. The van der Waals surface area contributed by atoms with E-state index in [-0.39, 0.29) is 23.2 Å². The maximum Gasteiger partial charge on any atom is 0.253 e.